The number of carbonyl (C=O) groups excluding carboxylic acids is 2. The number of carbonyl (C=O) groups is 2. The van der Waals surface area contributed by atoms with E-state index in [9.17, 15) is 14.0 Å². The lowest BCUT2D eigenvalue weighted by molar-refractivity contribution is -0.155. The van der Waals surface area contributed by atoms with Gasteiger partial charge in [0.05, 0.1) is 6.54 Å². The van der Waals surface area contributed by atoms with E-state index in [1.54, 1.807) is 12.1 Å². The molecule has 2 amide bonds. The minimum atomic E-state index is -0.305. The number of rotatable bonds is 6. The molecular weight excluding hydrogens is 387 g/mol. The van der Waals surface area contributed by atoms with Crippen LogP contribution < -0.4 is 4.74 Å². The SMILES string of the molecule is O=C(CC1CCCC1)N1CCC(N2CC(COc3ccc(F)cc3)OCC2=O)CC1. The van der Waals surface area contributed by atoms with Crippen molar-refractivity contribution in [2.45, 2.75) is 57.1 Å². The minimum Gasteiger partial charge on any atom is -0.491 e. The number of ether oxygens (including phenoxy) is 2. The zero-order chi connectivity index (χ0) is 20.9. The van der Waals surface area contributed by atoms with Gasteiger partial charge in [-0.15, -0.1) is 0 Å². The molecule has 1 saturated carbocycles. The quantitative estimate of drug-likeness (QED) is 0.713. The molecule has 30 heavy (non-hydrogen) atoms. The Kier molecular flexibility index (Phi) is 6.87. The van der Waals surface area contributed by atoms with Crippen LogP contribution in [-0.4, -0.2) is 66.6 Å². The molecule has 1 unspecified atom stereocenters. The molecule has 2 saturated heterocycles. The van der Waals surface area contributed by atoms with E-state index in [1.807, 2.05) is 9.80 Å². The lowest BCUT2D eigenvalue weighted by atomic mass is 9.99. The predicted octanol–water partition coefficient (Wildman–Crippen LogP) is 3.00. The fourth-order valence-corrected chi connectivity index (χ4v) is 4.84. The van der Waals surface area contributed by atoms with Gasteiger partial charge in [-0.05, 0) is 55.9 Å². The largest absolute Gasteiger partial charge is 0.491 e. The first-order valence-electron chi connectivity index (χ1n) is 11.2. The summed E-state index contributed by atoms with van der Waals surface area (Å²) in [4.78, 5) is 28.9. The fourth-order valence-electron chi connectivity index (χ4n) is 4.84. The number of hydrogen-bond acceptors (Lipinski definition) is 4. The van der Waals surface area contributed by atoms with Gasteiger partial charge < -0.3 is 19.3 Å². The average molecular weight is 419 g/mol. The zero-order valence-electron chi connectivity index (χ0n) is 17.4. The summed E-state index contributed by atoms with van der Waals surface area (Å²) in [5, 5.41) is 0. The van der Waals surface area contributed by atoms with Crippen LogP contribution >= 0.6 is 0 Å². The molecule has 4 rings (SSSR count). The van der Waals surface area contributed by atoms with Gasteiger partial charge in [0.1, 0.15) is 30.9 Å². The lowest BCUT2D eigenvalue weighted by Gasteiger charge is -2.42. The molecule has 2 heterocycles. The molecule has 2 aliphatic heterocycles. The number of halogens is 1. The number of amides is 2. The highest BCUT2D eigenvalue weighted by atomic mass is 19.1. The Morgan fingerprint density at radius 3 is 2.50 bits per heavy atom. The van der Waals surface area contributed by atoms with Gasteiger partial charge in [0, 0.05) is 25.6 Å². The Morgan fingerprint density at radius 2 is 1.80 bits per heavy atom. The van der Waals surface area contributed by atoms with E-state index in [4.69, 9.17) is 9.47 Å². The van der Waals surface area contributed by atoms with Crippen molar-refractivity contribution in [2.75, 3.05) is 32.8 Å². The van der Waals surface area contributed by atoms with Crippen LogP contribution in [0.5, 0.6) is 5.75 Å². The predicted molar refractivity (Wildman–Crippen MR) is 110 cm³/mol. The van der Waals surface area contributed by atoms with Crippen molar-refractivity contribution in [1.82, 2.24) is 9.80 Å². The molecule has 1 aromatic rings. The van der Waals surface area contributed by atoms with Crippen LogP contribution in [0, 0.1) is 11.7 Å². The molecule has 6 nitrogen and oxygen atoms in total. The Balaban J connectivity index is 1.24. The summed E-state index contributed by atoms with van der Waals surface area (Å²) in [6.45, 7) is 2.29. The van der Waals surface area contributed by atoms with Crippen molar-refractivity contribution >= 4 is 11.8 Å². The molecule has 0 bridgehead atoms. The Morgan fingerprint density at radius 1 is 1.10 bits per heavy atom. The van der Waals surface area contributed by atoms with Crippen LogP contribution in [-0.2, 0) is 14.3 Å². The minimum absolute atomic E-state index is 0.00349. The summed E-state index contributed by atoms with van der Waals surface area (Å²) in [5.74, 6) is 1.12. The van der Waals surface area contributed by atoms with Gasteiger partial charge in [0.2, 0.25) is 11.8 Å². The number of hydrogen-bond donors (Lipinski definition) is 0. The van der Waals surface area contributed by atoms with E-state index in [1.165, 1.54) is 37.8 Å². The van der Waals surface area contributed by atoms with Gasteiger partial charge in [-0.3, -0.25) is 9.59 Å². The van der Waals surface area contributed by atoms with Crippen LogP contribution in [0.3, 0.4) is 0 Å². The third-order valence-electron chi connectivity index (χ3n) is 6.61. The third-order valence-corrected chi connectivity index (χ3v) is 6.61. The molecule has 0 radical (unpaired) electrons. The van der Waals surface area contributed by atoms with Crippen molar-refractivity contribution in [2.24, 2.45) is 5.92 Å². The Hall–Kier alpha value is -2.15. The second kappa shape index (κ2) is 9.77. The number of nitrogens with zero attached hydrogens (tertiary/aromatic N) is 2. The first-order chi connectivity index (χ1) is 14.6. The molecular formula is C23H31FN2O4. The van der Waals surface area contributed by atoms with E-state index in [0.717, 1.165) is 25.9 Å². The van der Waals surface area contributed by atoms with Crippen LogP contribution in [0.4, 0.5) is 4.39 Å². The van der Waals surface area contributed by atoms with Gasteiger partial charge in [0.25, 0.3) is 0 Å². The first kappa shape index (κ1) is 21.1. The highest BCUT2D eigenvalue weighted by molar-refractivity contribution is 5.79. The number of benzene rings is 1. The van der Waals surface area contributed by atoms with E-state index in [-0.39, 0.29) is 36.4 Å². The summed E-state index contributed by atoms with van der Waals surface area (Å²) in [6, 6.07) is 6.02. The highest BCUT2D eigenvalue weighted by Crippen LogP contribution is 2.29. The van der Waals surface area contributed by atoms with Crippen LogP contribution in [0.25, 0.3) is 0 Å². The monoisotopic (exact) mass is 418 g/mol. The van der Waals surface area contributed by atoms with Crippen molar-refractivity contribution in [1.29, 1.82) is 0 Å². The third kappa shape index (κ3) is 5.31. The molecule has 7 heteroatoms. The fraction of sp³-hybridized carbons (Fsp3) is 0.652. The molecule has 1 atom stereocenters. The van der Waals surface area contributed by atoms with Crippen molar-refractivity contribution in [3.63, 3.8) is 0 Å². The number of piperidine rings is 1. The van der Waals surface area contributed by atoms with E-state index < -0.39 is 0 Å². The standard InChI is InChI=1S/C23H31FN2O4/c24-18-5-7-20(8-6-18)29-15-21-14-26(23(28)16-30-21)19-9-11-25(12-10-19)22(27)13-17-3-1-2-4-17/h5-8,17,19,21H,1-4,9-16H2. The second-order valence-electron chi connectivity index (χ2n) is 8.71. The van der Waals surface area contributed by atoms with Crippen molar-refractivity contribution in [3.8, 4) is 5.75 Å². The number of morpholine rings is 1. The zero-order valence-corrected chi connectivity index (χ0v) is 17.4. The highest BCUT2D eigenvalue weighted by Gasteiger charge is 2.35. The molecule has 0 spiro atoms. The molecule has 0 aromatic heterocycles. The van der Waals surface area contributed by atoms with E-state index in [2.05, 4.69) is 0 Å². The number of likely N-dealkylation sites (tertiary alicyclic amines) is 1. The molecule has 3 fully saturated rings. The van der Waals surface area contributed by atoms with Crippen LogP contribution in [0.1, 0.15) is 44.9 Å². The van der Waals surface area contributed by atoms with Crippen LogP contribution in [0.15, 0.2) is 24.3 Å². The summed E-state index contributed by atoms with van der Waals surface area (Å²) in [6.07, 6.45) is 6.98. The second-order valence-corrected chi connectivity index (χ2v) is 8.71. The van der Waals surface area contributed by atoms with Gasteiger partial charge in [0.15, 0.2) is 0 Å². The summed E-state index contributed by atoms with van der Waals surface area (Å²) >= 11 is 0. The molecule has 1 aliphatic carbocycles. The van der Waals surface area contributed by atoms with Crippen molar-refractivity contribution < 1.29 is 23.5 Å². The van der Waals surface area contributed by atoms with Crippen molar-refractivity contribution in [3.05, 3.63) is 30.1 Å². The lowest BCUT2D eigenvalue weighted by Crippen LogP contribution is -2.55. The molecule has 164 valence electrons. The summed E-state index contributed by atoms with van der Waals surface area (Å²) < 4.78 is 24.3. The normalized spacial score (nSPS) is 23.8. The van der Waals surface area contributed by atoms with Gasteiger partial charge in [-0.2, -0.15) is 0 Å². The van der Waals surface area contributed by atoms with Gasteiger partial charge in [-0.1, -0.05) is 12.8 Å². The maximum absolute atomic E-state index is 13.0. The van der Waals surface area contributed by atoms with Gasteiger partial charge in [-0.25, -0.2) is 4.39 Å². The molecule has 0 N–H and O–H groups in total. The maximum Gasteiger partial charge on any atom is 0.248 e. The average Bonchev–Trinajstić information content (AvgIpc) is 3.27. The topological polar surface area (TPSA) is 59.1 Å². The molecule has 1 aromatic carbocycles. The Labute approximate surface area is 177 Å². The first-order valence-corrected chi connectivity index (χ1v) is 11.2. The summed E-state index contributed by atoms with van der Waals surface area (Å²) in [7, 11) is 0. The van der Waals surface area contributed by atoms with E-state index >= 15 is 0 Å². The summed E-state index contributed by atoms with van der Waals surface area (Å²) in [5.41, 5.74) is 0. The Bertz CT molecular complexity index is 727. The molecule has 3 aliphatic rings. The maximum atomic E-state index is 13.0. The smallest absolute Gasteiger partial charge is 0.248 e. The van der Waals surface area contributed by atoms with Crippen LogP contribution in [0.2, 0.25) is 0 Å². The van der Waals surface area contributed by atoms with Gasteiger partial charge >= 0.3 is 0 Å². The van der Waals surface area contributed by atoms with E-state index in [0.29, 0.717) is 31.2 Å².